The maximum Gasteiger partial charge on any atom is 0.416 e. The predicted molar refractivity (Wildman–Crippen MR) is 79.3 cm³/mol. The largest absolute Gasteiger partial charge is 0.416 e. The van der Waals surface area contributed by atoms with Gasteiger partial charge >= 0.3 is 6.18 Å². The molecule has 114 valence electrons. The number of hydrogen-bond donors (Lipinski definition) is 1. The molecule has 0 heterocycles. The normalized spacial score (nSPS) is 11.8. The zero-order chi connectivity index (χ0) is 16.4. The van der Waals surface area contributed by atoms with Crippen molar-refractivity contribution in [2.45, 2.75) is 39.2 Å². The molecule has 0 aliphatic rings. The summed E-state index contributed by atoms with van der Waals surface area (Å²) in [7, 11) is -1.67. The van der Waals surface area contributed by atoms with E-state index in [0.29, 0.717) is 5.56 Å². The molecule has 2 nitrogen and oxygen atoms in total. The first-order valence-electron chi connectivity index (χ1n) is 6.42. The zero-order valence-electron chi connectivity index (χ0n) is 12.5. The van der Waals surface area contributed by atoms with E-state index in [2.05, 4.69) is 11.5 Å². The van der Waals surface area contributed by atoms with E-state index in [1.54, 1.807) is 0 Å². The molecule has 0 fully saturated rings. The van der Waals surface area contributed by atoms with Crippen LogP contribution in [0.15, 0.2) is 12.1 Å². The highest BCUT2D eigenvalue weighted by Gasteiger charge is 2.33. The van der Waals surface area contributed by atoms with Crippen molar-refractivity contribution in [1.29, 1.82) is 0 Å². The zero-order valence-corrected chi connectivity index (χ0v) is 13.5. The molecule has 0 aliphatic heterocycles. The van der Waals surface area contributed by atoms with Crippen LogP contribution in [0.25, 0.3) is 0 Å². The predicted octanol–water partition coefficient (Wildman–Crippen LogP) is 3.27. The smallest absolute Gasteiger partial charge is 0.369 e. The monoisotopic (exact) mass is 313 g/mol. The summed E-state index contributed by atoms with van der Waals surface area (Å²) < 4.78 is 38.8. The Balaban J connectivity index is 3.45. The van der Waals surface area contributed by atoms with E-state index in [-0.39, 0.29) is 17.5 Å². The molecule has 0 unspecified atom stereocenters. The van der Waals surface area contributed by atoms with E-state index >= 15 is 0 Å². The minimum atomic E-state index is -4.46. The quantitative estimate of drug-likeness (QED) is 0.661. The summed E-state index contributed by atoms with van der Waals surface area (Å²) >= 11 is 0. The lowest BCUT2D eigenvalue weighted by Crippen LogP contribution is -2.18. The fourth-order valence-electron chi connectivity index (χ4n) is 1.76. The van der Waals surface area contributed by atoms with E-state index in [4.69, 9.17) is 5.73 Å². The molecule has 0 atom stereocenters. The number of carbonyl (C=O) groups is 1. The van der Waals surface area contributed by atoms with Gasteiger partial charge in [0.2, 0.25) is 5.91 Å². The molecule has 6 heteroatoms. The second-order valence-corrected chi connectivity index (χ2v) is 10.7. The molecule has 0 saturated heterocycles. The molecule has 1 aromatic rings. The molecule has 0 spiro atoms. The van der Waals surface area contributed by atoms with Gasteiger partial charge in [-0.15, -0.1) is 5.54 Å². The highest BCUT2D eigenvalue weighted by Crippen LogP contribution is 2.33. The van der Waals surface area contributed by atoms with Gasteiger partial charge in [-0.05, 0) is 30.2 Å². The van der Waals surface area contributed by atoms with E-state index in [0.717, 1.165) is 6.07 Å². The summed E-state index contributed by atoms with van der Waals surface area (Å²) in [6.07, 6.45) is -4.71. The van der Waals surface area contributed by atoms with Crippen LogP contribution in [0.2, 0.25) is 19.6 Å². The van der Waals surface area contributed by atoms with Crippen LogP contribution in [0, 0.1) is 18.4 Å². The number of halogens is 3. The first-order valence-corrected chi connectivity index (χ1v) is 9.92. The van der Waals surface area contributed by atoms with Gasteiger partial charge in [-0.2, -0.15) is 13.2 Å². The van der Waals surface area contributed by atoms with Gasteiger partial charge in [0, 0.05) is 5.56 Å². The van der Waals surface area contributed by atoms with Crippen molar-refractivity contribution in [3.05, 3.63) is 34.4 Å². The van der Waals surface area contributed by atoms with Gasteiger partial charge in [-0.1, -0.05) is 25.6 Å². The summed E-state index contributed by atoms with van der Waals surface area (Å²) in [4.78, 5) is 11.1. The van der Waals surface area contributed by atoms with Gasteiger partial charge in [-0.25, -0.2) is 0 Å². The average Bonchev–Trinajstić information content (AvgIpc) is 2.25. The van der Waals surface area contributed by atoms with E-state index in [1.165, 1.54) is 13.0 Å². The van der Waals surface area contributed by atoms with E-state index in [9.17, 15) is 18.0 Å². The molecular formula is C15H18F3NOSi. The van der Waals surface area contributed by atoms with Crippen molar-refractivity contribution in [2.75, 3.05) is 0 Å². The van der Waals surface area contributed by atoms with Crippen molar-refractivity contribution in [2.24, 2.45) is 5.73 Å². The second-order valence-electron chi connectivity index (χ2n) is 5.97. The van der Waals surface area contributed by atoms with E-state index in [1.807, 2.05) is 19.6 Å². The van der Waals surface area contributed by atoms with Crippen LogP contribution < -0.4 is 5.73 Å². The number of hydrogen-bond acceptors (Lipinski definition) is 1. The van der Waals surface area contributed by atoms with Gasteiger partial charge in [0.15, 0.2) is 0 Å². The number of rotatable bonds is 2. The lowest BCUT2D eigenvalue weighted by molar-refractivity contribution is -0.138. The third kappa shape index (κ3) is 5.27. The molecule has 2 N–H and O–H groups in total. The Bertz CT molecular complexity index is 619. The van der Waals surface area contributed by atoms with Crippen molar-refractivity contribution in [3.63, 3.8) is 0 Å². The van der Waals surface area contributed by atoms with Gasteiger partial charge in [0.25, 0.3) is 0 Å². The molecule has 1 aromatic carbocycles. The van der Waals surface area contributed by atoms with Crippen LogP contribution in [0.4, 0.5) is 13.2 Å². The van der Waals surface area contributed by atoms with Gasteiger partial charge in [0.1, 0.15) is 8.07 Å². The minimum Gasteiger partial charge on any atom is -0.369 e. The molecule has 0 bridgehead atoms. The van der Waals surface area contributed by atoms with Crippen molar-refractivity contribution >= 4 is 14.0 Å². The molecule has 21 heavy (non-hydrogen) atoms. The van der Waals surface area contributed by atoms with Crippen LogP contribution in [0.5, 0.6) is 0 Å². The number of carbonyl (C=O) groups excluding carboxylic acids is 1. The van der Waals surface area contributed by atoms with Crippen molar-refractivity contribution < 1.29 is 18.0 Å². The number of benzene rings is 1. The summed E-state index contributed by atoms with van der Waals surface area (Å²) in [5.74, 6) is 2.24. The summed E-state index contributed by atoms with van der Waals surface area (Å²) in [6.45, 7) is 7.48. The topological polar surface area (TPSA) is 43.1 Å². The van der Waals surface area contributed by atoms with Crippen LogP contribution in [0.1, 0.15) is 22.3 Å². The Morgan fingerprint density at radius 3 is 2.29 bits per heavy atom. The Morgan fingerprint density at radius 1 is 1.29 bits per heavy atom. The third-order valence-corrected chi connectivity index (χ3v) is 3.57. The minimum absolute atomic E-state index is 0.0931. The van der Waals surface area contributed by atoms with Crippen molar-refractivity contribution in [1.82, 2.24) is 0 Å². The average molecular weight is 313 g/mol. The summed E-state index contributed by atoms with van der Waals surface area (Å²) in [5, 5.41) is 0. The van der Waals surface area contributed by atoms with Crippen molar-refractivity contribution in [3.8, 4) is 11.5 Å². The highest BCUT2D eigenvalue weighted by molar-refractivity contribution is 6.83. The molecule has 0 radical (unpaired) electrons. The fraction of sp³-hybridized carbons (Fsp3) is 0.400. The first-order chi connectivity index (χ1) is 9.40. The maximum atomic E-state index is 12.9. The van der Waals surface area contributed by atoms with Crippen LogP contribution in [-0.2, 0) is 17.4 Å². The van der Waals surface area contributed by atoms with Gasteiger partial charge in [0.05, 0.1) is 12.0 Å². The Hall–Kier alpha value is -1.74. The van der Waals surface area contributed by atoms with Crippen LogP contribution >= 0.6 is 0 Å². The maximum absolute atomic E-state index is 12.9. The van der Waals surface area contributed by atoms with Gasteiger partial charge in [-0.3, -0.25) is 4.79 Å². The van der Waals surface area contributed by atoms with E-state index < -0.39 is 25.7 Å². The standard InChI is InChI=1S/C15H18F3NOSi/c1-10-7-11(5-6-21(2,3)4)12(9-14(19)20)8-13(10)15(16,17)18/h7-8H,9H2,1-4H3,(H2,19,20). The molecular weight excluding hydrogens is 295 g/mol. The molecule has 0 aromatic heterocycles. The summed E-state index contributed by atoms with van der Waals surface area (Å²) in [6, 6.07) is 2.36. The van der Waals surface area contributed by atoms with Crippen LogP contribution in [-0.4, -0.2) is 14.0 Å². The number of nitrogens with two attached hydrogens (primary N) is 1. The SMILES string of the molecule is Cc1cc(C#C[Si](C)(C)C)c(CC(N)=O)cc1C(F)(F)F. The molecule has 0 saturated carbocycles. The second kappa shape index (κ2) is 5.94. The first kappa shape index (κ1) is 17.3. The lowest BCUT2D eigenvalue weighted by atomic mass is 9.97. The molecule has 1 amide bonds. The number of aryl methyl sites for hydroxylation is 1. The Labute approximate surface area is 123 Å². The summed E-state index contributed by atoms with van der Waals surface area (Å²) in [5.41, 5.74) is 8.22. The Morgan fingerprint density at radius 2 is 1.86 bits per heavy atom. The number of amides is 1. The fourth-order valence-corrected chi connectivity index (χ4v) is 2.27. The number of alkyl halides is 3. The van der Waals surface area contributed by atoms with Crippen LogP contribution in [0.3, 0.4) is 0 Å². The van der Waals surface area contributed by atoms with Gasteiger partial charge < -0.3 is 5.73 Å². The molecule has 1 rings (SSSR count). The molecule has 0 aliphatic carbocycles. The third-order valence-electron chi connectivity index (χ3n) is 2.69. The highest BCUT2D eigenvalue weighted by atomic mass is 28.3. The lowest BCUT2D eigenvalue weighted by Gasteiger charge is -2.14. The Kier molecular flexibility index (Phi) is 4.89. The number of primary amides is 1.